The number of aromatic hydroxyl groups is 1. The summed E-state index contributed by atoms with van der Waals surface area (Å²) < 4.78 is 58.6. The number of ketones is 1. The smallest absolute Gasteiger partial charge is 0.200 e. The number of nitrogens with one attached hydrogen (secondary N) is 1. The summed E-state index contributed by atoms with van der Waals surface area (Å²) in [6.07, 6.45) is 1.99. The number of benzene rings is 2. The first-order valence-electron chi connectivity index (χ1n) is 13.9. The molecule has 36 heavy (non-hydrogen) atoms. The van der Waals surface area contributed by atoms with E-state index in [2.05, 4.69) is 5.48 Å². The third kappa shape index (κ3) is 4.34. The van der Waals surface area contributed by atoms with Crippen LogP contribution < -0.4 is 21.1 Å². The molecule has 0 unspecified atom stereocenters. The number of phenolic OH excluding ortho intramolecular Hbond substituents is 1. The van der Waals surface area contributed by atoms with Crippen LogP contribution in [0.4, 0.5) is 5.69 Å². The molecule has 3 aliphatic rings. The molecule has 186 valence electrons. The number of fused-ring (bicyclic) bond motifs is 4. The Balaban J connectivity index is 0.00000353. The van der Waals surface area contributed by atoms with E-state index >= 15 is 0 Å². The number of carbonyl (C=O) groups excluding carboxylic acids is 1. The van der Waals surface area contributed by atoms with E-state index in [4.69, 9.17) is 29.1 Å². The highest BCUT2D eigenvalue weighted by Gasteiger charge is 2.32. The molecule has 2 aromatic carbocycles. The molecule has 3 N–H and O–H groups in total. The fourth-order valence-corrected chi connectivity index (χ4v) is 4.44. The highest BCUT2D eigenvalue weighted by Crippen LogP contribution is 2.31. The number of furan rings is 1. The molecule has 0 amide bonds. The van der Waals surface area contributed by atoms with Crippen LogP contribution in [0, 0.1) is 0 Å². The van der Waals surface area contributed by atoms with Gasteiger partial charge in [-0.2, -0.15) is 0 Å². The summed E-state index contributed by atoms with van der Waals surface area (Å²) >= 11 is 6.10. The molecule has 0 atom stereocenters. The highest BCUT2D eigenvalue weighted by atomic mass is 35.5. The third-order valence-corrected chi connectivity index (χ3v) is 6.26. The van der Waals surface area contributed by atoms with Crippen LogP contribution in [0.15, 0.2) is 58.2 Å². The zero-order chi connectivity index (χ0) is 29.5. The highest BCUT2D eigenvalue weighted by molar-refractivity contribution is 6.30. The molecule has 6 rings (SSSR count). The van der Waals surface area contributed by atoms with Crippen molar-refractivity contribution in [3.05, 3.63) is 86.3 Å². The van der Waals surface area contributed by atoms with E-state index in [1.165, 1.54) is 18.2 Å². The first kappa shape index (κ1) is 17.9. The fourth-order valence-electron chi connectivity index (χ4n) is 4.24. The number of hydrogen-bond acceptors (Lipinski definition) is 7. The van der Waals surface area contributed by atoms with Gasteiger partial charge in [-0.15, -0.1) is 12.4 Å². The average molecular weight is 533 g/mol. The Hall–Kier alpha value is -3.39. The largest absolute Gasteiger partial charge is 0.508 e. The molecule has 0 radical (unpaired) electrons. The first-order chi connectivity index (χ1) is 19.2. The van der Waals surface area contributed by atoms with Crippen molar-refractivity contribution in [3.63, 3.8) is 0 Å². The van der Waals surface area contributed by atoms with Crippen LogP contribution in [0.5, 0.6) is 11.5 Å². The monoisotopic (exact) mass is 532 g/mol. The molecule has 1 aliphatic carbocycles. The lowest BCUT2D eigenvalue weighted by Crippen LogP contribution is -2.37. The van der Waals surface area contributed by atoms with E-state index in [0.717, 1.165) is 6.08 Å². The number of carbonyl (C=O) groups is 1. The van der Waals surface area contributed by atoms with Crippen molar-refractivity contribution in [1.29, 1.82) is 0 Å². The van der Waals surface area contributed by atoms with Crippen molar-refractivity contribution in [1.82, 2.24) is 4.90 Å². The summed E-state index contributed by atoms with van der Waals surface area (Å²) in [5, 5.41) is 21.1. The lowest BCUT2D eigenvalue weighted by atomic mass is 9.89. The van der Waals surface area contributed by atoms with Crippen molar-refractivity contribution < 1.29 is 32.5 Å². The number of rotatable bonds is 3. The Labute approximate surface area is 226 Å². The van der Waals surface area contributed by atoms with Crippen LogP contribution in [0.2, 0.25) is 5.02 Å². The number of nitrogens with zero attached hydrogens (tertiary/aromatic N) is 1. The molecular formula is C27H24Cl2N2O5. The predicted molar refractivity (Wildman–Crippen MR) is 139 cm³/mol. The van der Waals surface area contributed by atoms with E-state index in [-0.39, 0.29) is 58.8 Å². The topological polar surface area (TPSA) is 95.2 Å². The predicted octanol–water partition coefficient (Wildman–Crippen LogP) is 4.28. The summed E-state index contributed by atoms with van der Waals surface area (Å²) in [6, 6.07) is 11.0. The Bertz CT molecular complexity index is 1760. The lowest BCUT2D eigenvalue weighted by molar-refractivity contribution is 0.101. The molecule has 9 heteroatoms. The second-order valence-corrected chi connectivity index (χ2v) is 8.74. The van der Waals surface area contributed by atoms with Crippen LogP contribution >= 0.6 is 24.0 Å². The molecule has 7 nitrogen and oxygen atoms in total. The van der Waals surface area contributed by atoms with Crippen LogP contribution in [0.1, 0.15) is 48.5 Å². The van der Waals surface area contributed by atoms with Gasteiger partial charge in [0.15, 0.2) is 16.9 Å². The summed E-state index contributed by atoms with van der Waals surface area (Å²) in [5.74, 6) is -2.30. The van der Waals surface area contributed by atoms with Crippen molar-refractivity contribution in [2.75, 3.05) is 25.0 Å². The molecule has 0 spiro atoms. The van der Waals surface area contributed by atoms with Gasteiger partial charge in [0.05, 0.1) is 11.1 Å². The van der Waals surface area contributed by atoms with E-state index in [9.17, 15) is 15.0 Å². The first-order valence-corrected chi connectivity index (χ1v) is 11.2. The van der Waals surface area contributed by atoms with E-state index in [0.29, 0.717) is 21.0 Å². The Morgan fingerprint density at radius 3 is 2.72 bits per heavy atom. The molecule has 3 heterocycles. The van der Waals surface area contributed by atoms with Gasteiger partial charge in [0.2, 0.25) is 0 Å². The van der Waals surface area contributed by atoms with Crippen molar-refractivity contribution in [3.8, 4) is 11.5 Å². The number of allylic oxidation sites excluding steroid dienone is 1. The Morgan fingerprint density at radius 1 is 1.14 bits per heavy atom. The summed E-state index contributed by atoms with van der Waals surface area (Å²) in [4.78, 5) is 19.8. The fraction of sp³-hybridized carbons (Fsp3) is 0.222. The molecule has 0 saturated carbocycles. The number of Topliss-reactive ketones (excluding diaryl/α,β-unsaturated/α-hetero) is 1. The van der Waals surface area contributed by atoms with Gasteiger partial charge in [-0.05, 0) is 67.7 Å². The standard InChI is InChI=1S/C27H23ClN2O5.ClH/c28-18-3-1-2-16(10-18)15-6-8-30(9-7-15)14-20-21(32)13-23-25(27(20)33)26-24(34-23)11-17-4-5-19(31)12-22(17)35-29-26;/h1-5,10-13,15,29,31-32H,6-9,14H2;1H/i8D2,9D2,14D2;. The minimum Gasteiger partial charge on any atom is -0.508 e. The quantitative estimate of drug-likeness (QED) is 0.463. The second-order valence-electron chi connectivity index (χ2n) is 8.31. The summed E-state index contributed by atoms with van der Waals surface area (Å²) in [6.45, 7) is -8.27. The minimum atomic E-state index is -3.10. The maximum absolute atomic E-state index is 13.9. The minimum absolute atomic E-state index is 0. The van der Waals surface area contributed by atoms with Crippen molar-refractivity contribution in [2.45, 2.75) is 18.8 Å². The number of piperidine rings is 1. The second kappa shape index (κ2) is 9.58. The zero-order valence-electron chi connectivity index (χ0n) is 24.5. The van der Waals surface area contributed by atoms with Gasteiger partial charge in [0.25, 0.3) is 0 Å². The maximum atomic E-state index is 13.9. The lowest BCUT2D eigenvalue weighted by Gasteiger charge is -2.32. The normalized spacial score (nSPS) is 23.0. The van der Waals surface area contributed by atoms with Gasteiger partial charge in [-0.25, -0.2) is 5.48 Å². The number of halogens is 2. The van der Waals surface area contributed by atoms with Crippen molar-refractivity contribution >= 4 is 47.6 Å². The number of aliphatic hydroxyl groups excluding tert-OH is 1. The molecule has 0 bridgehead atoms. The number of anilines is 1. The number of hydrogen-bond donors (Lipinski definition) is 3. The SMILES string of the molecule is Cl.[2H]C1([2H])CC(c2cccc(Cl)c2)CC([2H])([2H])N1C([2H])([2H])C1=C(O)C=c2oc3c(c2C1=O)NOc1cc(O)ccc1C=3. The molecule has 3 aromatic rings. The van der Waals surface area contributed by atoms with Crippen LogP contribution in [-0.2, 0) is 0 Å². The van der Waals surface area contributed by atoms with Crippen molar-refractivity contribution in [2.24, 2.45) is 0 Å². The number of likely N-dealkylation sites (tertiary alicyclic amines) is 1. The average Bonchev–Trinajstić information content (AvgIpc) is 3.09. The summed E-state index contributed by atoms with van der Waals surface area (Å²) in [5.41, 5.74) is 2.76. The van der Waals surface area contributed by atoms with E-state index in [1.54, 1.807) is 30.3 Å². The van der Waals surface area contributed by atoms with Gasteiger partial charge in [-0.3, -0.25) is 9.69 Å². The van der Waals surface area contributed by atoms with Crippen LogP contribution in [0.3, 0.4) is 0 Å². The molecule has 2 aliphatic heterocycles. The van der Waals surface area contributed by atoms with Gasteiger partial charge < -0.3 is 19.5 Å². The zero-order valence-corrected chi connectivity index (χ0v) is 20.1. The van der Waals surface area contributed by atoms with E-state index in [1.807, 2.05) is 0 Å². The molecule has 1 fully saturated rings. The number of phenols is 1. The van der Waals surface area contributed by atoms with Gasteiger partial charge in [0, 0.05) is 37.4 Å². The maximum Gasteiger partial charge on any atom is 0.200 e. The number of aliphatic hydroxyl groups is 1. The van der Waals surface area contributed by atoms with E-state index < -0.39 is 42.5 Å². The third-order valence-electron chi connectivity index (χ3n) is 6.02. The molecule has 1 saturated heterocycles. The van der Waals surface area contributed by atoms with Gasteiger partial charge >= 0.3 is 0 Å². The Kier molecular flexibility index (Phi) is 4.77. The van der Waals surface area contributed by atoms with Gasteiger partial charge in [-0.1, -0.05) is 23.7 Å². The molecule has 1 aromatic heterocycles. The van der Waals surface area contributed by atoms with Gasteiger partial charge in [0.1, 0.15) is 22.6 Å². The summed E-state index contributed by atoms with van der Waals surface area (Å²) in [7, 11) is 0. The molecular weight excluding hydrogens is 503 g/mol. The van der Waals surface area contributed by atoms with Crippen LogP contribution in [0.25, 0.3) is 12.2 Å². The van der Waals surface area contributed by atoms with Crippen LogP contribution in [-0.4, -0.2) is 40.4 Å². The Morgan fingerprint density at radius 2 is 1.94 bits per heavy atom.